The van der Waals surface area contributed by atoms with Gasteiger partial charge in [-0.05, 0) is 18.4 Å². The number of hydrogen-bond donors (Lipinski definition) is 2. The highest BCUT2D eigenvalue weighted by molar-refractivity contribution is 8.18. The van der Waals surface area contributed by atoms with E-state index in [-0.39, 0.29) is 23.4 Å². The molecule has 1 aromatic carbocycles. The van der Waals surface area contributed by atoms with Crippen molar-refractivity contribution in [1.82, 2.24) is 14.8 Å². The third-order valence-electron chi connectivity index (χ3n) is 7.12. The first-order valence-electron chi connectivity index (χ1n) is 12.1. The summed E-state index contributed by atoms with van der Waals surface area (Å²) in [6.07, 6.45) is -4.32. The van der Waals surface area contributed by atoms with Gasteiger partial charge in [0.05, 0.1) is 18.6 Å². The molecule has 216 valence electrons. The monoisotopic (exact) mass is 603 g/mol. The predicted molar refractivity (Wildman–Crippen MR) is 134 cm³/mol. The standard InChI is InChI=1S/C24H24F3N3O8S2/c25-24(26,27)18-12-16(28-38-18)17-6-7-19(39-17)40(34,35)29-23(20(31)32)13-22(23,15-4-2-1-3-5-15)14-37-21(33)30-8-10-36-11-9-30/h1-6,12,19,29H,7-11,13-14H2,(H,31,32). The molecule has 2 aliphatic heterocycles. The Morgan fingerprint density at radius 2 is 1.93 bits per heavy atom. The molecule has 2 fully saturated rings. The smallest absolute Gasteiger partial charge is 0.452 e. The molecule has 0 radical (unpaired) electrons. The summed E-state index contributed by atoms with van der Waals surface area (Å²) in [7, 11) is -4.37. The second-order valence-corrected chi connectivity index (χ2v) is 13.0. The number of alkyl halides is 3. The number of aromatic nitrogens is 1. The fourth-order valence-corrected chi connectivity index (χ4v) is 8.05. The zero-order valence-electron chi connectivity index (χ0n) is 20.7. The number of sulfonamides is 1. The van der Waals surface area contributed by atoms with Gasteiger partial charge in [-0.1, -0.05) is 41.6 Å². The second kappa shape index (κ2) is 10.4. The third kappa shape index (κ3) is 5.20. The summed E-state index contributed by atoms with van der Waals surface area (Å²) in [5.41, 5.74) is -3.14. The number of aliphatic carboxylic acids is 1. The van der Waals surface area contributed by atoms with Gasteiger partial charge in [-0.25, -0.2) is 13.2 Å². The number of carbonyl (C=O) groups is 2. The fourth-order valence-electron chi connectivity index (χ4n) is 4.88. The maximum atomic E-state index is 13.5. The van der Waals surface area contributed by atoms with Crippen molar-refractivity contribution in [2.75, 3.05) is 32.9 Å². The molecule has 1 aromatic heterocycles. The molecule has 3 aliphatic rings. The van der Waals surface area contributed by atoms with E-state index >= 15 is 0 Å². The van der Waals surface area contributed by atoms with Crippen molar-refractivity contribution in [2.45, 2.75) is 34.6 Å². The van der Waals surface area contributed by atoms with Crippen molar-refractivity contribution in [3.8, 4) is 0 Å². The maximum Gasteiger partial charge on any atom is 0.452 e. The van der Waals surface area contributed by atoms with Crippen molar-refractivity contribution in [2.24, 2.45) is 0 Å². The van der Waals surface area contributed by atoms with Crippen LogP contribution in [0, 0.1) is 0 Å². The quantitative estimate of drug-likeness (QED) is 0.461. The average Bonchev–Trinajstić information content (AvgIpc) is 3.30. The lowest BCUT2D eigenvalue weighted by molar-refractivity contribution is -0.155. The molecule has 1 aliphatic carbocycles. The summed E-state index contributed by atoms with van der Waals surface area (Å²) in [5, 5.41) is 13.7. The number of nitrogens with one attached hydrogen (secondary N) is 1. The number of rotatable bonds is 8. The largest absolute Gasteiger partial charge is 0.480 e. The van der Waals surface area contributed by atoms with Crippen LogP contribution in [0.15, 0.2) is 47.0 Å². The molecule has 11 nitrogen and oxygen atoms in total. The first kappa shape index (κ1) is 28.4. The summed E-state index contributed by atoms with van der Waals surface area (Å²) in [6.45, 7) is 0.871. The highest BCUT2D eigenvalue weighted by Gasteiger charge is 2.76. The van der Waals surface area contributed by atoms with Crippen LogP contribution >= 0.6 is 11.8 Å². The average molecular weight is 604 g/mol. The van der Waals surface area contributed by atoms with Crippen LogP contribution in [-0.4, -0.2) is 78.7 Å². The van der Waals surface area contributed by atoms with Gasteiger partial charge in [0, 0.05) is 24.1 Å². The fraction of sp³-hybridized carbons (Fsp3) is 0.458. The number of hydrogen-bond acceptors (Lipinski definition) is 9. The normalized spacial score (nSPS) is 26.8. The van der Waals surface area contributed by atoms with Crippen LogP contribution in [0.4, 0.5) is 18.0 Å². The van der Waals surface area contributed by atoms with Crippen LogP contribution < -0.4 is 4.72 Å². The number of carbonyl (C=O) groups excluding carboxylic acids is 1. The van der Waals surface area contributed by atoms with Crippen LogP contribution in [0.3, 0.4) is 0 Å². The highest BCUT2D eigenvalue weighted by Crippen LogP contribution is 2.59. The van der Waals surface area contributed by atoms with E-state index < -0.39 is 56.2 Å². The number of morpholine rings is 1. The molecular formula is C24H24F3N3O8S2. The molecule has 16 heteroatoms. The Morgan fingerprint density at radius 3 is 2.55 bits per heavy atom. The number of carboxylic acids is 1. The van der Waals surface area contributed by atoms with Gasteiger partial charge in [0.15, 0.2) is 0 Å². The predicted octanol–water partition coefficient (Wildman–Crippen LogP) is 3.05. The summed E-state index contributed by atoms with van der Waals surface area (Å²) in [6, 6.07) is 8.97. The topological polar surface area (TPSA) is 148 Å². The van der Waals surface area contributed by atoms with E-state index in [4.69, 9.17) is 9.47 Å². The van der Waals surface area contributed by atoms with Crippen LogP contribution in [0.2, 0.25) is 0 Å². The molecule has 40 heavy (non-hydrogen) atoms. The molecule has 3 heterocycles. The minimum atomic E-state index is -4.76. The van der Waals surface area contributed by atoms with Crippen molar-refractivity contribution in [3.63, 3.8) is 0 Å². The van der Waals surface area contributed by atoms with Crippen molar-refractivity contribution in [3.05, 3.63) is 59.5 Å². The molecular weight excluding hydrogens is 579 g/mol. The zero-order chi connectivity index (χ0) is 28.8. The van der Waals surface area contributed by atoms with Gasteiger partial charge in [-0.3, -0.25) is 4.79 Å². The number of nitrogens with zero attached hydrogens (tertiary/aromatic N) is 2. The van der Waals surface area contributed by atoms with Gasteiger partial charge in [-0.2, -0.15) is 17.9 Å². The van der Waals surface area contributed by atoms with Crippen LogP contribution in [0.25, 0.3) is 4.91 Å². The lowest BCUT2D eigenvalue weighted by Gasteiger charge is -2.29. The number of amides is 1. The Morgan fingerprint density at radius 1 is 1.23 bits per heavy atom. The van der Waals surface area contributed by atoms with Gasteiger partial charge in [0.25, 0.3) is 0 Å². The Bertz CT molecular complexity index is 1430. The molecule has 2 N–H and O–H groups in total. The number of thioether (sulfide) groups is 1. The van der Waals surface area contributed by atoms with Crippen LogP contribution in [-0.2, 0) is 35.9 Å². The molecule has 1 saturated heterocycles. The molecule has 1 amide bonds. The van der Waals surface area contributed by atoms with Crippen LogP contribution in [0.5, 0.6) is 0 Å². The number of allylic oxidation sites excluding steroid dienone is 1. The van der Waals surface area contributed by atoms with Gasteiger partial charge < -0.3 is 24.0 Å². The Kier molecular flexibility index (Phi) is 7.39. The van der Waals surface area contributed by atoms with E-state index in [2.05, 4.69) is 14.4 Å². The van der Waals surface area contributed by atoms with Crippen molar-refractivity contribution < 1.29 is 50.3 Å². The van der Waals surface area contributed by atoms with E-state index in [9.17, 15) is 36.3 Å². The first-order chi connectivity index (χ1) is 18.9. The molecule has 3 unspecified atom stereocenters. The Balaban J connectivity index is 1.35. The van der Waals surface area contributed by atoms with Gasteiger partial charge >= 0.3 is 18.2 Å². The summed E-state index contributed by atoms with van der Waals surface area (Å²) in [4.78, 5) is 26.9. The van der Waals surface area contributed by atoms with Crippen molar-refractivity contribution >= 4 is 38.8 Å². The SMILES string of the molecule is O=C(OCC1(c2ccccc2)CC1(NS(=O)(=O)C1CC=C(c2cc(C(F)(F)F)on2)S1)C(=O)O)N1CCOCC1. The number of halogens is 3. The summed E-state index contributed by atoms with van der Waals surface area (Å²) >= 11 is 0.732. The lowest BCUT2D eigenvalue weighted by atomic mass is 9.91. The summed E-state index contributed by atoms with van der Waals surface area (Å²) < 4.78 is 81.8. The minimum absolute atomic E-state index is 0.108. The molecule has 5 rings (SSSR count). The van der Waals surface area contributed by atoms with E-state index in [1.54, 1.807) is 30.3 Å². The molecule has 0 bridgehead atoms. The number of benzene rings is 1. The summed E-state index contributed by atoms with van der Waals surface area (Å²) in [5.74, 6) is -2.78. The molecule has 1 saturated carbocycles. The van der Waals surface area contributed by atoms with Gasteiger partial charge in [-0.15, -0.1) is 11.8 Å². The Labute approximate surface area is 230 Å². The Hall–Kier alpha value is -3.08. The van der Waals surface area contributed by atoms with E-state index in [1.807, 2.05) is 0 Å². The van der Waals surface area contributed by atoms with Gasteiger partial charge in [0.1, 0.15) is 22.4 Å². The first-order valence-corrected chi connectivity index (χ1v) is 14.5. The lowest BCUT2D eigenvalue weighted by Crippen LogP contribution is -2.52. The third-order valence-corrected chi connectivity index (χ3v) is 10.8. The maximum absolute atomic E-state index is 13.5. The van der Waals surface area contributed by atoms with Gasteiger partial charge in [0.2, 0.25) is 15.8 Å². The molecule has 0 spiro atoms. The molecule has 2 aromatic rings. The number of ether oxygens (including phenoxy) is 2. The van der Waals surface area contributed by atoms with E-state index in [0.717, 1.165) is 11.8 Å². The van der Waals surface area contributed by atoms with E-state index in [0.29, 0.717) is 37.9 Å². The number of carboxylic acid groups (broad SMARTS) is 1. The van der Waals surface area contributed by atoms with Crippen LogP contribution in [0.1, 0.15) is 29.9 Å². The second-order valence-electron chi connectivity index (χ2n) is 9.56. The van der Waals surface area contributed by atoms with E-state index in [1.165, 1.54) is 11.0 Å². The van der Waals surface area contributed by atoms with Crippen molar-refractivity contribution in [1.29, 1.82) is 0 Å². The zero-order valence-corrected chi connectivity index (χ0v) is 22.4. The highest BCUT2D eigenvalue weighted by atomic mass is 32.3. The molecule has 3 atom stereocenters. The minimum Gasteiger partial charge on any atom is -0.480 e.